The fourth-order valence-electron chi connectivity index (χ4n) is 2.07. The van der Waals surface area contributed by atoms with Gasteiger partial charge >= 0.3 is 12.0 Å². The van der Waals surface area contributed by atoms with Crippen LogP contribution in [0.4, 0.5) is 4.79 Å². The molecule has 2 N–H and O–H groups in total. The fraction of sp³-hybridized carbons (Fsp3) is 0.846. The van der Waals surface area contributed by atoms with Crippen molar-refractivity contribution in [2.45, 2.75) is 51.6 Å². The van der Waals surface area contributed by atoms with E-state index in [1.807, 2.05) is 13.8 Å². The van der Waals surface area contributed by atoms with E-state index in [1.54, 1.807) is 9.80 Å². The van der Waals surface area contributed by atoms with E-state index in [0.717, 1.165) is 12.8 Å². The van der Waals surface area contributed by atoms with Crippen LogP contribution in [-0.4, -0.2) is 63.8 Å². The summed E-state index contributed by atoms with van der Waals surface area (Å²) < 4.78 is 0. The second-order valence-electron chi connectivity index (χ2n) is 5.22. The van der Waals surface area contributed by atoms with Crippen LogP contribution >= 0.6 is 0 Å². The lowest BCUT2D eigenvalue weighted by molar-refractivity contribution is -0.137. The van der Waals surface area contributed by atoms with Gasteiger partial charge in [0.1, 0.15) is 0 Å². The van der Waals surface area contributed by atoms with Gasteiger partial charge in [0, 0.05) is 31.6 Å². The van der Waals surface area contributed by atoms with Gasteiger partial charge in [-0.05, 0) is 33.1 Å². The molecule has 0 saturated heterocycles. The van der Waals surface area contributed by atoms with Crippen molar-refractivity contribution in [1.29, 1.82) is 0 Å². The Labute approximate surface area is 114 Å². The molecule has 1 aliphatic carbocycles. The number of urea groups is 1. The molecule has 0 unspecified atom stereocenters. The number of nitrogens with zero attached hydrogens (tertiary/aromatic N) is 2. The molecule has 0 radical (unpaired) electrons. The van der Waals surface area contributed by atoms with Gasteiger partial charge in [-0.3, -0.25) is 4.79 Å². The van der Waals surface area contributed by atoms with Crippen LogP contribution in [0, 0.1) is 0 Å². The SMILES string of the molecule is CC(C)N(CCCC(=O)O)C(=O)N(CCO)C1CC1. The minimum absolute atomic E-state index is 0.0289. The molecular weight excluding hydrogens is 248 g/mol. The van der Waals surface area contributed by atoms with Crippen LogP contribution in [0.15, 0.2) is 0 Å². The molecule has 0 atom stereocenters. The van der Waals surface area contributed by atoms with Gasteiger partial charge in [-0.25, -0.2) is 4.79 Å². The number of hydrogen-bond donors (Lipinski definition) is 2. The Morgan fingerprint density at radius 3 is 2.32 bits per heavy atom. The molecule has 0 aromatic carbocycles. The topological polar surface area (TPSA) is 81.1 Å². The minimum atomic E-state index is -0.842. The van der Waals surface area contributed by atoms with Gasteiger partial charge in [0.15, 0.2) is 0 Å². The monoisotopic (exact) mass is 272 g/mol. The molecule has 0 bridgehead atoms. The third kappa shape index (κ3) is 5.06. The maximum Gasteiger partial charge on any atom is 0.320 e. The van der Waals surface area contributed by atoms with E-state index in [9.17, 15) is 9.59 Å². The molecule has 19 heavy (non-hydrogen) atoms. The Kier molecular flexibility index (Phi) is 6.08. The number of aliphatic hydroxyl groups excluding tert-OH is 1. The van der Waals surface area contributed by atoms with Crippen molar-refractivity contribution in [2.24, 2.45) is 0 Å². The highest BCUT2D eigenvalue weighted by atomic mass is 16.4. The molecule has 0 aliphatic heterocycles. The van der Waals surface area contributed by atoms with Crippen molar-refractivity contribution < 1.29 is 19.8 Å². The first-order valence-corrected chi connectivity index (χ1v) is 6.87. The number of rotatable bonds is 8. The first kappa shape index (κ1) is 15.8. The number of amides is 2. The summed E-state index contributed by atoms with van der Waals surface area (Å²) in [7, 11) is 0. The quantitative estimate of drug-likeness (QED) is 0.694. The average Bonchev–Trinajstić information content (AvgIpc) is 3.14. The molecule has 0 aromatic heterocycles. The van der Waals surface area contributed by atoms with E-state index in [0.29, 0.717) is 19.5 Å². The van der Waals surface area contributed by atoms with Crippen LogP contribution in [0.25, 0.3) is 0 Å². The maximum absolute atomic E-state index is 12.4. The second-order valence-corrected chi connectivity index (χ2v) is 5.22. The van der Waals surface area contributed by atoms with Gasteiger partial charge < -0.3 is 20.0 Å². The lowest BCUT2D eigenvalue weighted by Crippen LogP contribution is -2.48. The number of aliphatic hydroxyl groups is 1. The molecule has 0 heterocycles. The first-order valence-electron chi connectivity index (χ1n) is 6.87. The fourth-order valence-corrected chi connectivity index (χ4v) is 2.07. The summed E-state index contributed by atoms with van der Waals surface area (Å²) in [5.41, 5.74) is 0. The van der Waals surface area contributed by atoms with Crippen LogP contribution in [-0.2, 0) is 4.79 Å². The number of carboxylic acids is 1. The zero-order chi connectivity index (χ0) is 14.4. The Morgan fingerprint density at radius 1 is 1.26 bits per heavy atom. The van der Waals surface area contributed by atoms with Crippen molar-refractivity contribution in [3.05, 3.63) is 0 Å². The summed E-state index contributed by atoms with van der Waals surface area (Å²) in [4.78, 5) is 26.4. The van der Waals surface area contributed by atoms with Crippen LogP contribution < -0.4 is 0 Å². The summed E-state index contributed by atoms with van der Waals surface area (Å²) in [5.74, 6) is -0.842. The highest BCUT2D eigenvalue weighted by molar-refractivity contribution is 5.75. The van der Waals surface area contributed by atoms with Crippen molar-refractivity contribution in [1.82, 2.24) is 9.80 Å². The van der Waals surface area contributed by atoms with Crippen molar-refractivity contribution in [3.63, 3.8) is 0 Å². The average molecular weight is 272 g/mol. The summed E-state index contributed by atoms with van der Waals surface area (Å²) >= 11 is 0. The lowest BCUT2D eigenvalue weighted by Gasteiger charge is -2.33. The van der Waals surface area contributed by atoms with Gasteiger partial charge in [0.2, 0.25) is 0 Å². The molecule has 1 aliphatic rings. The normalized spacial score (nSPS) is 14.5. The van der Waals surface area contributed by atoms with Crippen LogP contribution in [0.2, 0.25) is 0 Å². The third-order valence-electron chi connectivity index (χ3n) is 3.23. The van der Waals surface area contributed by atoms with E-state index in [-0.39, 0.29) is 31.1 Å². The molecule has 1 saturated carbocycles. The largest absolute Gasteiger partial charge is 0.481 e. The zero-order valence-electron chi connectivity index (χ0n) is 11.7. The number of hydrogen-bond acceptors (Lipinski definition) is 3. The highest BCUT2D eigenvalue weighted by Crippen LogP contribution is 2.28. The summed E-state index contributed by atoms with van der Waals surface area (Å²) in [5, 5.41) is 17.7. The molecule has 6 nitrogen and oxygen atoms in total. The van der Waals surface area contributed by atoms with Crippen molar-refractivity contribution in [2.75, 3.05) is 19.7 Å². The Balaban J connectivity index is 2.57. The Bertz CT molecular complexity index is 316. The van der Waals surface area contributed by atoms with Crippen LogP contribution in [0.5, 0.6) is 0 Å². The van der Waals surface area contributed by atoms with Gasteiger partial charge in [-0.2, -0.15) is 0 Å². The standard InChI is InChI=1S/C13H24N2O4/c1-10(2)14(7-3-4-12(17)18)13(19)15(8-9-16)11-5-6-11/h10-11,16H,3-9H2,1-2H3,(H,17,18). The van der Waals surface area contributed by atoms with Crippen LogP contribution in [0.1, 0.15) is 39.5 Å². The van der Waals surface area contributed by atoms with E-state index in [2.05, 4.69) is 0 Å². The van der Waals surface area contributed by atoms with E-state index < -0.39 is 5.97 Å². The van der Waals surface area contributed by atoms with Crippen molar-refractivity contribution >= 4 is 12.0 Å². The van der Waals surface area contributed by atoms with Crippen molar-refractivity contribution in [3.8, 4) is 0 Å². The molecule has 1 fully saturated rings. The van der Waals surface area contributed by atoms with Gasteiger partial charge in [0.05, 0.1) is 6.61 Å². The molecule has 2 amide bonds. The maximum atomic E-state index is 12.4. The molecule has 0 spiro atoms. The van der Waals surface area contributed by atoms with E-state index in [4.69, 9.17) is 10.2 Å². The van der Waals surface area contributed by atoms with Gasteiger partial charge in [0.25, 0.3) is 0 Å². The number of carbonyl (C=O) groups excluding carboxylic acids is 1. The molecule has 6 heteroatoms. The summed E-state index contributed by atoms with van der Waals surface area (Å²) in [6.07, 6.45) is 2.51. The molecule has 0 aromatic rings. The first-order chi connectivity index (χ1) is 8.97. The summed E-state index contributed by atoms with van der Waals surface area (Å²) in [6.45, 7) is 4.60. The Hall–Kier alpha value is -1.30. The van der Waals surface area contributed by atoms with Gasteiger partial charge in [-0.1, -0.05) is 0 Å². The molecular formula is C13H24N2O4. The predicted molar refractivity (Wildman–Crippen MR) is 70.9 cm³/mol. The highest BCUT2D eigenvalue weighted by Gasteiger charge is 2.34. The van der Waals surface area contributed by atoms with Crippen LogP contribution in [0.3, 0.4) is 0 Å². The zero-order valence-corrected chi connectivity index (χ0v) is 11.7. The van der Waals surface area contributed by atoms with E-state index >= 15 is 0 Å². The molecule has 110 valence electrons. The lowest BCUT2D eigenvalue weighted by atomic mass is 10.2. The smallest absolute Gasteiger partial charge is 0.320 e. The predicted octanol–water partition coefficient (Wildman–Crippen LogP) is 1.14. The minimum Gasteiger partial charge on any atom is -0.481 e. The number of aliphatic carboxylic acids is 1. The van der Waals surface area contributed by atoms with E-state index in [1.165, 1.54) is 0 Å². The number of carbonyl (C=O) groups is 2. The number of carboxylic acid groups (broad SMARTS) is 1. The van der Waals surface area contributed by atoms with Gasteiger partial charge in [-0.15, -0.1) is 0 Å². The second kappa shape index (κ2) is 7.33. The molecule has 1 rings (SSSR count). The summed E-state index contributed by atoms with van der Waals surface area (Å²) in [6, 6.07) is 0.193. The third-order valence-corrected chi connectivity index (χ3v) is 3.23. The Morgan fingerprint density at radius 2 is 1.89 bits per heavy atom.